The van der Waals surface area contributed by atoms with Crippen molar-refractivity contribution in [3.8, 4) is 0 Å². The van der Waals surface area contributed by atoms with E-state index in [1.807, 2.05) is 62.4 Å². The Morgan fingerprint density at radius 2 is 1.53 bits per heavy atom. The molecule has 78 heavy (non-hydrogen) atoms. The molecule has 21 nitrogen and oxygen atoms in total. The number of likely N-dealkylation sites (tertiary alicyclic amines) is 1. The molecule has 2 heterocycles. The summed E-state index contributed by atoms with van der Waals surface area (Å²) in [5.74, 6) is -0.952. The van der Waals surface area contributed by atoms with E-state index in [0.717, 1.165) is 41.9 Å². The van der Waals surface area contributed by atoms with Crippen LogP contribution in [0.25, 0.3) is 0 Å². The first-order valence-corrected chi connectivity index (χ1v) is 28.6. The van der Waals surface area contributed by atoms with Crippen molar-refractivity contribution in [2.75, 3.05) is 106 Å². The zero-order valence-electron chi connectivity index (χ0n) is 48.5. The lowest BCUT2D eigenvalue weighted by Gasteiger charge is -2.41. The molecule has 7 atom stereocenters. The number of Topliss-reactive ketones (excluding diaryl/α,β-unsaturated/α-hetero) is 1. The number of carbonyl (C=O) groups excluding carboxylic acids is 6. The van der Waals surface area contributed by atoms with Gasteiger partial charge in [-0.2, -0.15) is 0 Å². The molecule has 2 aromatic rings. The largest absolute Gasteiger partial charge is 0.445 e. The number of rotatable bonds is 41. The van der Waals surface area contributed by atoms with Crippen molar-refractivity contribution in [1.29, 1.82) is 0 Å². The first kappa shape index (κ1) is 67.5. The van der Waals surface area contributed by atoms with E-state index in [-0.39, 0.29) is 78.8 Å². The molecule has 442 valence electrons. The van der Waals surface area contributed by atoms with E-state index in [9.17, 15) is 28.8 Å². The van der Waals surface area contributed by atoms with Crippen LogP contribution in [0, 0.1) is 17.8 Å². The fraction of sp³-hybridized carbons (Fsp3) is 0.732. The molecular formula is C56H94N8O13S. The van der Waals surface area contributed by atoms with E-state index >= 15 is 0 Å². The number of ether oxygens (including phenoxy) is 7. The molecule has 0 aliphatic carbocycles. The normalized spacial score (nSPS) is 16.0. The summed E-state index contributed by atoms with van der Waals surface area (Å²) in [6.45, 7) is 20.6. The summed E-state index contributed by atoms with van der Waals surface area (Å²) in [6.07, 6.45) is 3.93. The second kappa shape index (κ2) is 37.2. The molecule has 0 unspecified atom stereocenters. The van der Waals surface area contributed by atoms with Crippen molar-refractivity contribution in [3.05, 3.63) is 46.4 Å². The van der Waals surface area contributed by atoms with Crippen molar-refractivity contribution in [1.82, 2.24) is 36.1 Å². The van der Waals surface area contributed by atoms with Gasteiger partial charge in [0.05, 0.1) is 83.4 Å². The van der Waals surface area contributed by atoms with Crippen LogP contribution in [-0.2, 0) is 70.3 Å². The maximum Gasteiger partial charge on any atom is 0.408 e. The molecule has 1 saturated heterocycles. The number of nitrogens with zero attached hydrogens (tertiary/aromatic N) is 3. The van der Waals surface area contributed by atoms with Gasteiger partial charge in [0.25, 0.3) is 0 Å². The van der Waals surface area contributed by atoms with Gasteiger partial charge >= 0.3 is 6.09 Å². The molecule has 0 radical (unpaired) electrons. The molecule has 0 spiro atoms. The monoisotopic (exact) mass is 1120 g/mol. The summed E-state index contributed by atoms with van der Waals surface area (Å²) in [5, 5.41) is 17.7. The minimum atomic E-state index is -1.30. The summed E-state index contributed by atoms with van der Waals surface area (Å²) in [7, 11) is 5.22. The van der Waals surface area contributed by atoms with Gasteiger partial charge < -0.3 is 64.6 Å². The molecule has 1 aromatic heterocycles. The number of ketones is 1. The number of alkyl carbamates (subject to hydrolysis) is 1. The Hall–Kier alpha value is -4.81. The highest BCUT2D eigenvalue weighted by Gasteiger charge is 2.42. The van der Waals surface area contributed by atoms with Gasteiger partial charge in [-0.15, -0.1) is 11.3 Å². The Balaban J connectivity index is 1.38. The Kier molecular flexibility index (Phi) is 32.2. The quantitative estimate of drug-likeness (QED) is 0.0527. The van der Waals surface area contributed by atoms with Crippen LogP contribution < -0.4 is 26.6 Å². The van der Waals surface area contributed by atoms with Gasteiger partial charge in [-0.3, -0.25) is 28.9 Å². The number of nitrogens with one attached hydrogen (secondary N) is 5. The summed E-state index contributed by atoms with van der Waals surface area (Å²) in [6, 6.07) is 6.79. The fourth-order valence-corrected chi connectivity index (χ4v) is 9.67. The summed E-state index contributed by atoms with van der Waals surface area (Å²) in [4.78, 5) is 85.6. The number of carbonyl (C=O) groups is 6. The van der Waals surface area contributed by atoms with Gasteiger partial charge in [-0.05, 0) is 76.6 Å². The Morgan fingerprint density at radius 1 is 0.859 bits per heavy atom. The number of thiazole rings is 1. The third-order valence-electron chi connectivity index (χ3n) is 14.0. The molecular weight excluding hydrogens is 1020 g/mol. The first-order valence-electron chi connectivity index (χ1n) is 27.7. The minimum absolute atomic E-state index is 0.0122. The van der Waals surface area contributed by atoms with E-state index in [2.05, 4.69) is 50.3 Å². The van der Waals surface area contributed by atoms with Gasteiger partial charge in [0.15, 0.2) is 0 Å². The van der Waals surface area contributed by atoms with E-state index in [0.29, 0.717) is 92.0 Å². The van der Waals surface area contributed by atoms with E-state index in [1.54, 1.807) is 34.3 Å². The van der Waals surface area contributed by atoms with Crippen LogP contribution in [0.2, 0.25) is 0 Å². The first-order chi connectivity index (χ1) is 37.3. The maximum absolute atomic E-state index is 14.3. The van der Waals surface area contributed by atoms with Crippen LogP contribution in [0.5, 0.6) is 0 Å². The lowest BCUT2D eigenvalue weighted by molar-refractivity contribution is -0.143. The third-order valence-corrected chi connectivity index (χ3v) is 14.7. The highest BCUT2D eigenvalue weighted by Crippen LogP contribution is 2.30. The van der Waals surface area contributed by atoms with Crippen LogP contribution in [0.3, 0.4) is 0 Å². The van der Waals surface area contributed by atoms with Gasteiger partial charge in [-0.1, -0.05) is 53.2 Å². The summed E-state index contributed by atoms with van der Waals surface area (Å²) < 4.78 is 39.5. The van der Waals surface area contributed by atoms with Crippen LogP contribution in [0.15, 0.2) is 35.8 Å². The second-order valence-corrected chi connectivity index (χ2v) is 21.8. The van der Waals surface area contributed by atoms with Crippen LogP contribution in [0.1, 0.15) is 111 Å². The van der Waals surface area contributed by atoms with Crippen molar-refractivity contribution in [2.24, 2.45) is 17.8 Å². The lowest BCUT2D eigenvalue weighted by Crippen LogP contribution is -2.60. The third kappa shape index (κ3) is 25.1. The SMILES string of the molecule is CC[C@H](C)[C@@H]([C@@H](CC(=O)N1CCC[C@H]1[C@H](OC)[C@@H](C)C(=O)NCc1nccs1)OC)N(C)C[C@@H](NC(=O)C(C)(C)NC(=O)OCc1ccc(NCCCOCCOCCNC(=O)CCOCCOCCC(C)=O)cc1)C(C)C. The zero-order chi connectivity index (χ0) is 57.5. The number of methoxy groups -OCH3 is 2. The Bertz CT molecular complexity index is 2050. The zero-order valence-corrected chi connectivity index (χ0v) is 49.3. The number of aromatic nitrogens is 1. The predicted octanol–water partition coefficient (Wildman–Crippen LogP) is 5.35. The van der Waals surface area contributed by atoms with Gasteiger partial charge in [0, 0.05) is 89.2 Å². The predicted molar refractivity (Wildman–Crippen MR) is 300 cm³/mol. The van der Waals surface area contributed by atoms with E-state index < -0.39 is 29.8 Å². The molecule has 5 amide bonds. The fourth-order valence-electron chi connectivity index (χ4n) is 9.11. The molecule has 1 aliphatic rings. The molecule has 1 fully saturated rings. The lowest BCUT2D eigenvalue weighted by atomic mass is 9.89. The van der Waals surface area contributed by atoms with Crippen LogP contribution in [-0.4, -0.2) is 186 Å². The van der Waals surface area contributed by atoms with Crippen molar-refractivity contribution >= 4 is 52.5 Å². The van der Waals surface area contributed by atoms with Crippen molar-refractivity contribution in [2.45, 2.75) is 149 Å². The Morgan fingerprint density at radius 3 is 2.14 bits per heavy atom. The second-order valence-electron chi connectivity index (χ2n) is 20.9. The van der Waals surface area contributed by atoms with E-state index in [4.69, 9.17) is 33.2 Å². The molecule has 5 N–H and O–H groups in total. The number of anilines is 1. The maximum atomic E-state index is 14.3. The number of hydrogen-bond acceptors (Lipinski definition) is 17. The van der Waals surface area contributed by atoms with Gasteiger partial charge in [0.1, 0.15) is 22.9 Å². The molecule has 0 bridgehead atoms. The van der Waals surface area contributed by atoms with Gasteiger partial charge in [0.2, 0.25) is 23.6 Å². The summed E-state index contributed by atoms with van der Waals surface area (Å²) in [5.41, 5.74) is 0.384. The van der Waals surface area contributed by atoms with Crippen molar-refractivity contribution < 1.29 is 61.9 Å². The number of amides is 5. The molecule has 1 aliphatic heterocycles. The average molecular weight is 1120 g/mol. The van der Waals surface area contributed by atoms with E-state index in [1.165, 1.54) is 18.3 Å². The van der Waals surface area contributed by atoms with Crippen LogP contribution >= 0.6 is 11.3 Å². The average Bonchev–Trinajstić information content (AvgIpc) is 4.14. The highest BCUT2D eigenvalue weighted by atomic mass is 32.1. The Labute approximate surface area is 468 Å². The number of likely N-dealkylation sites (N-methyl/N-ethyl adjacent to an activating group) is 1. The minimum Gasteiger partial charge on any atom is -0.445 e. The summed E-state index contributed by atoms with van der Waals surface area (Å²) >= 11 is 1.48. The molecule has 0 saturated carbocycles. The number of hydrogen-bond donors (Lipinski definition) is 5. The van der Waals surface area contributed by atoms with Crippen LogP contribution in [0.4, 0.5) is 10.5 Å². The highest BCUT2D eigenvalue weighted by molar-refractivity contribution is 7.09. The van der Waals surface area contributed by atoms with Gasteiger partial charge in [-0.25, -0.2) is 9.78 Å². The molecule has 22 heteroatoms. The topological polar surface area (TPSA) is 247 Å². The molecule has 3 rings (SSSR count). The van der Waals surface area contributed by atoms with Crippen molar-refractivity contribution in [3.63, 3.8) is 0 Å². The number of benzene rings is 1. The smallest absolute Gasteiger partial charge is 0.408 e. The molecule has 1 aromatic carbocycles. The standard InChI is InChI=1S/C56H94N8O13S/c1-12-40(4)51(47(71-10)35-50(67)64-25-13-15-46(64)52(72-11)42(6)53(68)60-36-49-59-24-34-78-49)63(9)37-45(39(2)3)61-54(69)56(7,8)62-55(70)77-38-43-16-18-44(19-17-43)57-22-14-26-73-30-33-76-29-23-58-48(66)21-28-75-32-31-74-27-20-41(5)65/h16-19,24,34,39-40,42,45-47,51-52,57H,12-15,20-23,25-33,35-38H2,1-11H3,(H,58,66)(H,60,68)(H,61,69)(H,62,70)/t40-,42+,45+,46-,47+,51-,52+/m0/s1.